The molecule has 0 fully saturated rings. The summed E-state index contributed by atoms with van der Waals surface area (Å²) in [6, 6.07) is 29.5. The molecule has 7 heteroatoms. The second kappa shape index (κ2) is 13.7. The number of esters is 1. The molecule has 0 atom stereocenters. The molecule has 0 saturated carbocycles. The summed E-state index contributed by atoms with van der Waals surface area (Å²) in [5.74, 6) is 1.17. The Balaban J connectivity index is 1.43. The van der Waals surface area contributed by atoms with Gasteiger partial charge in [0.05, 0.1) is 25.9 Å². The fourth-order valence-electron chi connectivity index (χ4n) is 3.78. The lowest BCUT2D eigenvalue weighted by atomic mass is 10.0. The minimum atomic E-state index is -0.580. The Bertz CT molecular complexity index is 1570. The maximum atomic E-state index is 12.6. The van der Waals surface area contributed by atoms with Crippen molar-refractivity contribution < 1.29 is 23.7 Å². The van der Waals surface area contributed by atoms with Gasteiger partial charge < -0.3 is 18.9 Å². The fourth-order valence-corrected chi connectivity index (χ4v) is 3.91. The molecule has 40 heavy (non-hydrogen) atoms. The molecule has 0 spiro atoms. The Labute approximate surface area is 238 Å². The molecular weight excluding hydrogens is 526 g/mol. The van der Waals surface area contributed by atoms with E-state index in [1.165, 1.54) is 13.2 Å². The molecule has 0 amide bonds. The molecule has 0 aromatic heterocycles. The third-order valence-corrected chi connectivity index (χ3v) is 6.07. The van der Waals surface area contributed by atoms with E-state index in [-0.39, 0.29) is 5.75 Å². The maximum absolute atomic E-state index is 12.6. The first-order valence-electron chi connectivity index (χ1n) is 12.3. The van der Waals surface area contributed by atoms with Gasteiger partial charge in [-0.25, -0.2) is 4.79 Å². The molecule has 0 bridgehead atoms. The number of carbonyl (C=O) groups is 1. The van der Waals surface area contributed by atoms with E-state index in [2.05, 4.69) is 6.07 Å². The predicted octanol–water partition coefficient (Wildman–Crippen LogP) is 7.62. The van der Waals surface area contributed by atoms with E-state index < -0.39 is 5.97 Å². The third-order valence-electron chi connectivity index (χ3n) is 5.82. The Morgan fingerprint density at radius 2 is 1.48 bits per heavy atom. The third kappa shape index (κ3) is 7.53. The topological polar surface area (TPSA) is 77.8 Å². The quantitative estimate of drug-likeness (QED) is 0.0663. The van der Waals surface area contributed by atoms with E-state index in [9.17, 15) is 10.1 Å². The van der Waals surface area contributed by atoms with Crippen molar-refractivity contribution in [3.05, 3.63) is 124 Å². The van der Waals surface area contributed by atoms with Crippen LogP contribution < -0.4 is 18.9 Å². The number of carbonyl (C=O) groups excluding carboxylic acids is 1. The molecule has 4 rings (SSSR count). The van der Waals surface area contributed by atoms with Crippen molar-refractivity contribution in [1.29, 1.82) is 5.26 Å². The van der Waals surface area contributed by atoms with Crippen LogP contribution in [0.5, 0.6) is 23.0 Å². The monoisotopic (exact) mass is 551 g/mol. The summed E-state index contributed by atoms with van der Waals surface area (Å²) in [6.07, 6.45) is 4.67. The SMILES string of the molecule is COc1cc(C=CC(=O)Oc2ccc(C=C(C#N)c3ccc(Cl)cc3)cc2OC)ccc1OCc1ccccc1. The van der Waals surface area contributed by atoms with Gasteiger partial charge in [0.2, 0.25) is 0 Å². The number of hydrogen-bond donors (Lipinski definition) is 0. The van der Waals surface area contributed by atoms with Crippen LogP contribution in [0.4, 0.5) is 0 Å². The first kappa shape index (κ1) is 28.0. The average molecular weight is 552 g/mol. The molecule has 0 saturated heterocycles. The zero-order valence-corrected chi connectivity index (χ0v) is 22.7. The van der Waals surface area contributed by atoms with Gasteiger partial charge >= 0.3 is 5.97 Å². The Kier molecular flexibility index (Phi) is 9.60. The van der Waals surface area contributed by atoms with Crippen LogP contribution in [0.3, 0.4) is 0 Å². The minimum absolute atomic E-state index is 0.251. The number of benzene rings is 4. The smallest absolute Gasteiger partial charge is 0.336 e. The first-order chi connectivity index (χ1) is 19.5. The number of nitriles is 1. The van der Waals surface area contributed by atoms with Crippen molar-refractivity contribution in [1.82, 2.24) is 0 Å². The number of methoxy groups -OCH3 is 2. The first-order valence-corrected chi connectivity index (χ1v) is 12.7. The molecule has 0 unspecified atom stereocenters. The van der Waals surface area contributed by atoms with Crippen molar-refractivity contribution >= 4 is 35.3 Å². The van der Waals surface area contributed by atoms with E-state index in [1.807, 2.05) is 36.4 Å². The highest BCUT2D eigenvalue weighted by Gasteiger charge is 2.11. The van der Waals surface area contributed by atoms with Gasteiger partial charge in [-0.3, -0.25) is 0 Å². The summed E-state index contributed by atoms with van der Waals surface area (Å²) in [4.78, 5) is 12.6. The molecule has 0 radical (unpaired) electrons. The van der Waals surface area contributed by atoms with Gasteiger partial charge in [-0.1, -0.05) is 66.2 Å². The Morgan fingerprint density at radius 1 is 0.825 bits per heavy atom. The average Bonchev–Trinajstić information content (AvgIpc) is 2.99. The molecule has 6 nitrogen and oxygen atoms in total. The van der Waals surface area contributed by atoms with E-state index in [0.29, 0.717) is 40.0 Å². The normalized spacial score (nSPS) is 11.1. The Hall–Kier alpha value is -4.99. The van der Waals surface area contributed by atoms with Gasteiger partial charge in [0, 0.05) is 11.1 Å². The van der Waals surface area contributed by atoms with Crippen molar-refractivity contribution in [2.75, 3.05) is 14.2 Å². The van der Waals surface area contributed by atoms with Crippen LogP contribution in [0, 0.1) is 11.3 Å². The van der Waals surface area contributed by atoms with E-state index >= 15 is 0 Å². The summed E-state index contributed by atoms with van der Waals surface area (Å²) in [5, 5.41) is 10.2. The molecule has 0 N–H and O–H groups in total. The van der Waals surface area contributed by atoms with Crippen LogP contribution >= 0.6 is 11.6 Å². The van der Waals surface area contributed by atoms with Crippen LogP contribution in [0.2, 0.25) is 5.02 Å². The summed E-state index contributed by atoms with van der Waals surface area (Å²) in [7, 11) is 3.04. The molecule has 4 aromatic rings. The molecule has 200 valence electrons. The van der Waals surface area contributed by atoms with Gasteiger partial charge in [-0.2, -0.15) is 5.26 Å². The zero-order chi connectivity index (χ0) is 28.3. The van der Waals surface area contributed by atoms with Crippen LogP contribution in [0.1, 0.15) is 22.3 Å². The summed E-state index contributed by atoms with van der Waals surface area (Å²) < 4.78 is 22.3. The number of halogens is 1. The molecule has 0 heterocycles. The van der Waals surface area contributed by atoms with E-state index in [4.69, 9.17) is 30.5 Å². The highest BCUT2D eigenvalue weighted by molar-refractivity contribution is 6.30. The Morgan fingerprint density at radius 3 is 2.17 bits per heavy atom. The number of ether oxygens (including phenoxy) is 4. The lowest BCUT2D eigenvalue weighted by molar-refractivity contribution is -0.129. The van der Waals surface area contributed by atoms with Gasteiger partial charge in [0.1, 0.15) is 6.61 Å². The molecule has 0 aliphatic heterocycles. The molecule has 0 aliphatic rings. The molecule has 0 aliphatic carbocycles. The number of nitrogens with zero attached hydrogens (tertiary/aromatic N) is 1. The second-order valence-corrected chi connectivity index (χ2v) is 8.96. The maximum Gasteiger partial charge on any atom is 0.336 e. The van der Waals surface area contributed by atoms with Crippen LogP contribution in [0.15, 0.2) is 97.1 Å². The number of allylic oxidation sites excluding steroid dienone is 1. The second-order valence-electron chi connectivity index (χ2n) is 8.53. The summed E-state index contributed by atoms with van der Waals surface area (Å²) >= 11 is 5.95. The van der Waals surface area contributed by atoms with E-state index in [1.54, 1.807) is 73.9 Å². The lowest BCUT2D eigenvalue weighted by Gasteiger charge is -2.11. The standard InChI is InChI=1S/C33H26ClNO5/c1-37-31-19-23(8-15-29(31)39-22-24-6-4-3-5-7-24)10-17-33(36)40-30-16-9-25(20-32(30)38-2)18-27(21-35)26-11-13-28(34)14-12-26/h3-20H,22H2,1-2H3. The van der Waals surface area contributed by atoms with Crippen molar-refractivity contribution in [2.24, 2.45) is 0 Å². The van der Waals surface area contributed by atoms with E-state index in [0.717, 1.165) is 16.7 Å². The van der Waals surface area contributed by atoms with Crippen LogP contribution in [-0.4, -0.2) is 20.2 Å². The van der Waals surface area contributed by atoms with Crippen molar-refractivity contribution in [3.63, 3.8) is 0 Å². The van der Waals surface area contributed by atoms with Crippen LogP contribution in [0.25, 0.3) is 17.7 Å². The lowest BCUT2D eigenvalue weighted by Crippen LogP contribution is -2.05. The van der Waals surface area contributed by atoms with Gasteiger partial charge in [-0.05, 0) is 70.8 Å². The summed E-state index contributed by atoms with van der Waals surface area (Å²) in [5.41, 5.74) is 3.68. The number of rotatable bonds is 10. The predicted molar refractivity (Wildman–Crippen MR) is 156 cm³/mol. The largest absolute Gasteiger partial charge is 0.493 e. The summed E-state index contributed by atoms with van der Waals surface area (Å²) in [6.45, 7) is 0.411. The van der Waals surface area contributed by atoms with Crippen molar-refractivity contribution in [3.8, 4) is 29.1 Å². The van der Waals surface area contributed by atoms with Crippen LogP contribution in [-0.2, 0) is 11.4 Å². The zero-order valence-electron chi connectivity index (χ0n) is 22.0. The molecule has 4 aromatic carbocycles. The number of hydrogen-bond acceptors (Lipinski definition) is 6. The highest BCUT2D eigenvalue weighted by atomic mass is 35.5. The molecular formula is C33H26ClNO5. The highest BCUT2D eigenvalue weighted by Crippen LogP contribution is 2.31. The minimum Gasteiger partial charge on any atom is -0.493 e. The van der Waals surface area contributed by atoms with Gasteiger partial charge in [0.25, 0.3) is 0 Å². The van der Waals surface area contributed by atoms with Gasteiger partial charge in [-0.15, -0.1) is 0 Å². The fraction of sp³-hybridized carbons (Fsp3) is 0.0909. The van der Waals surface area contributed by atoms with Crippen molar-refractivity contribution in [2.45, 2.75) is 6.61 Å². The van der Waals surface area contributed by atoms with Gasteiger partial charge in [0.15, 0.2) is 23.0 Å².